The number of carbonyl (C=O) groups is 1. The normalized spacial score (nSPS) is 12.3. The summed E-state index contributed by atoms with van der Waals surface area (Å²) in [5.41, 5.74) is 3.49. The molecule has 1 aromatic carbocycles. The molecular formula is C17H17BrN4OS. The predicted octanol–water partition coefficient (Wildman–Crippen LogP) is 4.00. The highest BCUT2D eigenvalue weighted by Crippen LogP contribution is 2.23. The van der Waals surface area contributed by atoms with Gasteiger partial charge >= 0.3 is 0 Å². The third kappa shape index (κ3) is 3.96. The molecular weight excluding hydrogens is 388 g/mol. The Labute approximate surface area is 152 Å². The zero-order chi connectivity index (χ0) is 17.1. The number of nitrogens with zero attached hydrogens (tertiary/aromatic N) is 2. The van der Waals surface area contributed by atoms with Crippen molar-refractivity contribution in [2.75, 3.05) is 5.75 Å². The van der Waals surface area contributed by atoms with Crippen molar-refractivity contribution >= 4 is 44.8 Å². The van der Waals surface area contributed by atoms with Gasteiger partial charge in [-0.25, -0.2) is 9.97 Å². The summed E-state index contributed by atoms with van der Waals surface area (Å²) in [6, 6.07) is 11.8. The van der Waals surface area contributed by atoms with Crippen LogP contribution in [0.5, 0.6) is 0 Å². The largest absolute Gasteiger partial charge is 0.349 e. The SMILES string of the molecule is Cc1nc2nc(SCC(=O)NC(C)c3ccccc3)[nH]c2cc1Br. The number of halogens is 1. The average molecular weight is 405 g/mol. The van der Waals surface area contributed by atoms with Crippen LogP contribution in [0.2, 0.25) is 0 Å². The van der Waals surface area contributed by atoms with Gasteiger partial charge in [-0.3, -0.25) is 4.79 Å². The Kier molecular flexibility index (Phi) is 5.20. The highest BCUT2D eigenvalue weighted by Gasteiger charge is 2.12. The van der Waals surface area contributed by atoms with Crippen molar-refractivity contribution in [3.63, 3.8) is 0 Å². The number of thioether (sulfide) groups is 1. The fourth-order valence-electron chi connectivity index (χ4n) is 2.30. The summed E-state index contributed by atoms with van der Waals surface area (Å²) in [4.78, 5) is 24.1. The molecule has 3 rings (SSSR count). The number of aromatic nitrogens is 3. The van der Waals surface area contributed by atoms with E-state index in [1.807, 2.05) is 50.2 Å². The molecule has 0 saturated carbocycles. The molecule has 0 radical (unpaired) electrons. The Bertz CT molecular complexity index is 827. The van der Waals surface area contributed by atoms with Crippen LogP contribution in [0.25, 0.3) is 11.2 Å². The van der Waals surface area contributed by atoms with E-state index in [9.17, 15) is 4.79 Å². The molecule has 2 aromatic heterocycles. The zero-order valence-corrected chi connectivity index (χ0v) is 15.7. The number of amides is 1. The van der Waals surface area contributed by atoms with Crippen LogP contribution in [-0.4, -0.2) is 26.6 Å². The van der Waals surface area contributed by atoms with Gasteiger partial charge in [0.05, 0.1) is 23.0 Å². The smallest absolute Gasteiger partial charge is 0.230 e. The molecule has 2 N–H and O–H groups in total. The fraction of sp³-hybridized carbons (Fsp3) is 0.235. The number of rotatable bonds is 5. The molecule has 0 aliphatic rings. The van der Waals surface area contributed by atoms with Crippen molar-refractivity contribution in [2.45, 2.75) is 25.0 Å². The number of H-pyrrole nitrogens is 1. The molecule has 5 nitrogen and oxygen atoms in total. The van der Waals surface area contributed by atoms with Crippen LogP contribution < -0.4 is 5.32 Å². The summed E-state index contributed by atoms with van der Waals surface area (Å²) in [5.74, 6) is 0.277. The lowest BCUT2D eigenvalue weighted by molar-refractivity contribution is -0.119. The first-order valence-electron chi connectivity index (χ1n) is 7.53. The molecule has 7 heteroatoms. The molecule has 0 spiro atoms. The maximum Gasteiger partial charge on any atom is 0.230 e. The van der Waals surface area contributed by atoms with Crippen LogP contribution in [0.3, 0.4) is 0 Å². The lowest BCUT2D eigenvalue weighted by atomic mass is 10.1. The number of hydrogen-bond acceptors (Lipinski definition) is 4. The Morgan fingerprint density at radius 2 is 2.08 bits per heavy atom. The quantitative estimate of drug-likeness (QED) is 0.630. The molecule has 0 bridgehead atoms. The van der Waals surface area contributed by atoms with E-state index in [0.717, 1.165) is 21.2 Å². The third-order valence-electron chi connectivity index (χ3n) is 3.60. The Morgan fingerprint density at radius 1 is 1.33 bits per heavy atom. The number of nitrogens with one attached hydrogen (secondary N) is 2. The van der Waals surface area contributed by atoms with Gasteiger partial charge in [0.25, 0.3) is 0 Å². The second-order valence-electron chi connectivity index (χ2n) is 5.46. The molecule has 0 fully saturated rings. The minimum Gasteiger partial charge on any atom is -0.349 e. The molecule has 1 amide bonds. The van der Waals surface area contributed by atoms with Gasteiger partial charge < -0.3 is 10.3 Å². The highest BCUT2D eigenvalue weighted by molar-refractivity contribution is 9.10. The van der Waals surface area contributed by atoms with Crippen LogP contribution in [0.4, 0.5) is 0 Å². The summed E-state index contributed by atoms with van der Waals surface area (Å²) in [6.45, 7) is 3.90. The number of imidazole rings is 1. The molecule has 0 aliphatic heterocycles. The van der Waals surface area contributed by atoms with Crippen LogP contribution in [-0.2, 0) is 4.79 Å². The number of aryl methyl sites for hydroxylation is 1. The molecule has 1 atom stereocenters. The van der Waals surface area contributed by atoms with E-state index in [0.29, 0.717) is 16.6 Å². The Hall–Kier alpha value is -1.86. The van der Waals surface area contributed by atoms with E-state index in [4.69, 9.17) is 0 Å². The topological polar surface area (TPSA) is 70.7 Å². The summed E-state index contributed by atoms with van der Waals surface area (Å²) in [7, 11) is 0. The van der Waals surface area contributed by atoms with E-state index < -0.39 is 0 Å². The van der Waals surface area contributed by atoms with E-state index in [2.05, 4.69) is 36.2 Å². The summed E-state index contributed by atoms with van der Waals surface area (Å²) < 4.78 is 0.935. The summed E-state index contributed by atoms with van der Waals surface area (Å²) in [6.07, 6.45) is 0. The minimum atomic E-state index is -0.0258. The van der Waals surface area contributed by atoms with Crippen molar-refractivity contribution in [1.82, 2.24) is 20.3 Å². The van der Waals surface area contributed by atoms with Crippen LogP contribution in [0, 0.1) is 6.92 Å². The number of carbonyl (C=O) groups excluding carboxylic acids is 1. The molecule has 0 saturated heterocycles. The highest BCUT2D eigenvalue weighted by atomic mass is 79.9. The summed E-state index contributed by atoms with van der Waals surface area (Å²) in [5, 5.41) is 3.69. The number of fused-ring (bicyclic) bond motifs is 1. The van der Waals surface area contributed by atoms with Crippen LogP contribution in [0.15, 0.2) is 46.0 Å². The third-order valence-corrected chi connectivity index (χ3v) is 5.27. The van der Waals surface area contributed by atoms with Gasteiger partial charge in [0.2, 0.25) is 5.91 Å². The van der Waals surface area contributed by atoms with Gasteiger partial charge in [0.15, 0.2) is 10.8 Å². The Morgan fingerprint density at radius 3 is 2.83 bits per heavy atom. The van der Waals surface area contributed by atoms with Gasteiger partial charge in [-0.15, -0.1) is 0 Å². The molecule has 1 unspecified atom stereocenters. The fourth-order valence-corrected chi connectivity index (χ4v) is 3.30. The predicted molar refractivity (Wildman–Crippen MR) is 100 cm³/mol. The minimum absolute atomic E-state index is 0.0183. The van der Waals surface area contributed by atoms with Crippen LogP contribution >= 0.6 is 27.7 Å². The van der Waals surface area contributed by atoms with Gasteiger partial charge in [0.1, 0.15) is 0 Å². The maximum atomic E-state index is 12.1. The van der Waals surface area contributed by atoms with Gasteiger partial charge in [0, 0.05) is 4.47 Å². The first-order chi connectivity index (χ1) is 11.5. The van der Waals surface area contributed by atoms with Crippen molar-refractivity contribution in [1.29, 1.82) is 0 Å². The Balaban J connectivity index is 1.60. The van der Waals surface area contributed by atoms with Gasteiger partial charge in [-0.2, -0.15) is 0 Å². The lowest BCUT2D eigenvalue weighted by Crippen LogP contribution is -2.28. The maximum absolute atomic E-state index is 12.1. The molecule has 24 heavy (non-hydrogen) atoms. The number of pyridine rings is 1. The van der Waals surface area contributed by atoms with E-state index in [1.54, 1.807) is 0 Å². The van der Waals surface area contributed by atoms with Gasteiger partial charge in [-0.1, -0.05) is 42.1 Å². The van der Waals surface area contributed by atoms with Crippen molar-refractivity contribution in [2.24, 2.45) is 0 Å². The lowest BCUT2D eigenvalue weighted by Gasteiger charge is -2.13. The first-order valence-corrected chi connectivity index (χ1v) is 9.31. The van der Waals surface area contributed by atoms with E-state index in [1.165, 1.54) is 11.8 Å². The van der Waals surface area contributed by atoms with Crippen molar-refractivity contribution in [3.8, 4) is 0 Å². The van der Waals surface area contributed by atoms with Crippen LogP contribution in [0.1, 0.15) is 24.2 Å². The number of benzene rings is 1. The molecule has 2 heterocycles. The first kappa shape index (κ1) is 17.0. The van der Waals surface area contributed by atoms with E-state index >= 15 is 0 Å². The molecule has 3 aromatic rings. The zero-order valence-electron chi connectivity index (χ0n) is 13.3. The summed E-state index contributed by atoms with van der Waals surface area (Å²) >= 11 is 4.83. The number of aromatic amines is 1. The second kappa shape index (κ2) is 7.36. The van der Waals surface area contributed by atoms with Crippen molar-refractivity contribution in [3.05, 3.63) is 52.1 Å². The van der Waals surface area contributed by atoms with Gasteiger partial charge in [-0.05, 0) is 41.4 Å². The molecule has 0 aliphatic carbocycles. The monoisotopic (exact) mass is 404 g/mol. The standard InChI is InChI=1S/C17H17BrN4OS/c1-10(12-6-4-3-5-7-12)19-15(23)9-24-17-21-14-8-13(18)11(2)20-16(14)22-17/h3-8,10H,9H2,1-2H3,(H,19,23)(H,20,21,22). The average Bonchev–Trinajstić information content (AvgIpc) is 2.96. The second-order valence-corrected chi connectivity index (χ2v) is 7.28. The van der Waals surface area contributed by atoms with E-state index in [-0.39, 0.29) is 11.9 Å². The van der Waals surface area contributed by atoms with Crippen molar-refractivity contribution < 1.29 is 4.79 Å². The molecule has 124 valence electrons. The number of hydrogen-bond donors (Lipinski definition) is 2.